The molecule has 0 spiro atoms. The Kier molecular flexibility index (Phi) is 3.64. The third-order valence-electron chi connectivity index (χ3n) is 5.07. The molecule has 1 atom stereocenters. The molecule has 0 bridgehead atoms. The zero-order chi connectivity index (χ0) is 17.7. The van der Waals surface area contributed by atoms with Crippen LogP contribution >= 0.6 is 15.9 Å². The Labute approximate surface area is 160 Å². The van der Waals surface area contributed by atoms with Crippen LogP contribution in [0.3, 0.4) is 0 Å². The van der Waals surface area contributed by atoms with Crippen molar-refractivity contribution < 1.29 is 0 Å². The molecule has 5 rings (SSSR count). The third kappa shape index (κ3) is 2.46. The molecule has 126 valence electrons. The second-order valence-electron chi connectivity index (χ2n) is 6.94. The Balaban J connectivity index is 1.77. The van der Waals surface area contributed by atoms with Crippen molar-refractivity contribution in [3.63, 3.8) is 0 Å². The lowest BCUT2D eigenvalue weighted by molar-refractivity contribution is 0.772. The minimum atomic E-state index is 0.485. The molecule has 2 nitrogen and oxygen atoms in total. The van der Waals surface area contributed by atoms with Gasteiger partial charge >= 0.3 is 0 Å². The number of fused-ring (bicyclic) bond motifs is 4. The van der Waals surface area contributed by atoms with Gasteiger partial charge in [0.2, 0.25) is 0 Å². The van der Waals surface area contributed by atoms with Crippen molar-refractivity contribution in [1.29, 1.82) is 0 Å². The number of nitrogens with zero attached hydrogens (tertiary/aromatic N) is 2. The topological polar surface area (TPSA) is 25.2 Å². The van der Waals surface area contributed by atoms with E-state index in [1.54, 1.807) is 0 Å². The summed E-state index contributed by atoms with van der Waals surface area (Å²) < 4.78 is 1.11. The molecule has 0 saturated heterocycles. The van der Waals surface area contributed by atoms with E-state index >= 15 is 0 Å². The van der Waals surface area contributed by atoms with Crippen molar-refractivity contribution in [2.24, 2.45) is 10.9 Å². The normalized spacial score (nSPS) is 16.2. The summed E-state index contributed by atoms with van der Waals surface area (Å²) in [7, 11) is 0. The molecule has 3 heteroatoms. The van der Waals surface area contributed by atoms with Gasteiger partial charge in [0.05, 0.1) is 16.9 Å². The number of hydrogen-bond acceptors (Lipinski definition) is 2. The predicted molar refractivity (Wildman–Crippen MR) is 113 cm³/mol. The minimum Gasteiger partial charge on any atom is -0.258 e. The maximum Gasteiger partial charge on any atom is 0.0968 e. The number of halogens is 1. The molecule has 1 aromatic heterocycles. The van der Waals surface area contributed by atoms with E-state index in [4.69, 9.17) is 9.98 Å². The van der Waals surface area contributed by atoms with E-state index in [9.17, 15) is 0 Å². The van der Waals surface area contributed by atoms with Gasteiger partial charge in [-0.3, -0.25) is 4.99 Å². The molecule has 0 radical (unpaired) electrons. The van der Waals surface area contributed by atoms with Gasteiger partial charge in [-0.05, 0) is 40.8 Å². The van der Waals surface area contributed by atoms with Crippen molar-refractivity contribution in [3.05, 3.63) is 70.7 Å². The summed E-state index contributed by atoms with van der Waals surface area (Å²) >= 11 is 3.66. The second-order valence-corrected chi connectivity index (χ2v) is 7.80. The fraction of sp³-hybridized carbons (Fsp3) is 0.130. The van der Waals surface area contributed by atoms with E-state index in [1.807, 2.05) is 6.21 Å². The highest BCUT2D eigenvalue weighted by Gasteiger charge is 2.16. The van der Waals surface area contributed by atoms with Crippen LogP contribution in [0.1, 0.15) is 12.5 Å². The predicted octanol–water partition coefficient (Wildman–Crippen LogP) is 6.71. The third-order valence-corrected chi connectivity index (χ3v) is 5.76. The number of aromatic nitrogens is 1. The molecule has 0 fully saturated rings. The lowest BCUT2D eigenvalue weighted by Crippen LogP contribution is -2.06. The molecule has 0 N–H and O–H groups in total. The highest BCUT2D eigenvalue weighted by molar-refractivity contribution is 9.10. The van der Waals surface area contributed by atoms with Gasteiger partial charge in [0.1, 0.15) is 0 Å². The van der Waals surface area contributed by atoms with E-state index < -0.39 is 0 Å². The molecule has 26 heavy (non-hydrogen) atoms. The van der Waals surface area contributed by atoms with Crippen LogP contribution in [0.2, 0.25) is 0 Å². The molecule has 2 heterocycles. The first-order valence-electron chi connectivity index (χ1n) is 8.85. The van der Waals surface area contributed by atoms with Crippen molar-refractivity contribution in [3.8, 4) is 11.3 Å². The fourth-order valence-corrected chi connectivity index (χ4v) is 4.24. The van der Waals surface area contributed by atoms with Crippen molar-refractivity contribution >= 4 is 49.5 Å². The first-order chi connectivity index (χ1) is 12.7. The Morgan fingerprint density at radius 3 is 2.62 bits per heavy atom. The average Bonchev–Trinajstić information content (AvgIpc) is 2.68. The van der Waals surface area contributed by atoms with Gasteiger partial charge < -0.3 is 0 Å². The van der Waals surface area contributed by atoms with E-state index in [-0.39, 0.29) is 0 Å². The minimum absolute atomic E-state index is 0.485. The second kappa shape index (κ2) is 6.03. The quantitative estimate of drug-likeness (QED) is 0.348. The molecule has 1 aliphatic rings. The fourth-order valence-electron chi connectivity index (χ4n) is 3.76. The number of pyridine rings is 1. The monoisotopic (exact) mass is 400 g/mol. The summed E-state index contributed by atoms with van der Waals surface area (Å²) in [5.74, 6) is 0.485. The van der Waals surface area contributed by atoms with E-state index in [0.717, 1.165) is 38.7 Å². The van der Waals surface area contributed by atoms with Crippen LogP contribution in [-0.2, 0) is 6.42 Å². The van der Waals surface area contributed by atoms with Crippen LogP contribution in [0.5, 0.6) is 0 Å². The standard InChI is InChI=1S/C23H17BrN2/c1-14-12-16-7-6-15-8-11-21(26-23(15)22(16)25-13-14)19-9-10-20(24)18-5-3-2-4-17(18)19/h2-11,13-14H,12H2,1H3. The number of aliphatic imine (C=N–C) groups is 1. The van der Waals surface area contributed by atoms with Crippen LogP contribution in [-0.4, -0.2) is 11.2 Å². The van der Waals surface area contributed by atoms with Crippen molar-refractivity contribution in [1.82, 2.24) is 4.98 Å². The molecule has 3 aromatic carbocycles. The SMILES string of the molecule is CC1C=Nc2c(ccc3ccc(-c4ccc(Br)c5ccccc45)nc23)C1. The smallest absolute Gasteiger partial charge is 0.0968 e. The highest BCUT2D eigenvalue weighted by atomic mass is 79.9. The number of benzene rings is 3. The summed E-state index contributed by atoms with van der Waals surface area (Å²) in [6.07, 6.45) is 3.08. The van der Waals surface area contributed by atoms with Crippen LogP contribution in [0, 0.1) is 5.92 Å². The lowest BCUT2D eigenvalue weighted by Gasteiger charge is -2.17. The number of rotatable bonds is 1. The van der Waals surface area contributed by atoms with Gasteiger partial charge in [-0.15, -0.1) is 0 Å². The summed E-state index contributed by atoms with van der Waals surface area (Å²) in [5, 5.41) is 3.55. The van der Waals surface area contributed by atoms with Gasteiger partial charge in [0.25, 0.3) is 0 Å². The Hall–Kier alpha value is -2.52. The zero-order valence-electron chi connectivity index (χ0n) is 14.4. The number of hydrogen-bond donors (Lipinski definition) is 0. The van der Waals surface area contributed by atoms with E-state index in [1.165, 1.54) is 16.3 Å². The zero-order valence-corrected chi connectivity index (χ0v) is 16.0. The maximum atomic E-state index is 5.03. The van der Waals surface area contributed by atoms with E-state index in [2.05, 4.69) is 83.5 Å². The van der Waals surface area contributed by atoms with Crippen molar-refractivity contribution in [2.45, 2.75) is 13.3 Å². The lowest BCUT2D eigenvalue weighted by atomic mass is 9.95. The van der Waals surface area contributed by atoms with E-state index in [0.29, 0.717) is 5.92 Å². The molecule has 1 unspecified atom stereocenters. The molecule has 0 saturated carbocycles. The van der Waals surface area contributed by atoms with Crippen molar-refractivity contribution in [2.75, 3.05) is 0 Å². The first kappa shape index (κ1) is 15.7. The van der Waals surface area contributed by atoms with Crippen LogP contribution < -0.4 is 0 Å². The van der Waals surface area contributed by atoms with Crippen LogP contribution in [0.25, 0.3) is 32.9 Å². The van der Waals surface area contributed by atoms with Gasteiger partial charge in [-0.25, -0.2) is 4.98 Å². The summed E-state index contributed by atoms with van der Waals surface area (Å²) in [6.45, 7) is 2.20. The summed E-state index contributed by atoms with van der Waals surface area (Å²) in [5.41, 5.74) is 5.46. The Morgan fingerprint density at radius 2 is 1.73 bits per heavy atom. The average molecular weight is 401 g/mol. The van der Waals surface area contributed by atoms with Crippen LogP contribution in [0.15, 0.2) is 70.1 Å². The van der Waals surface area contributed by atoms with Gasteiger partial charge in [0, 0.05) is 21.6 Å². The Bertz CT molecular complexity index is 1190. The van der Waals surface area contributed by atoms with Gasteiger partial charge in [0.15, 0.2) is 0 Å². The molecule has 4 aromatic rings. The summed E-state index contributed by atoms with van der Waals surface area (Å²) in [6, 6.07) is 21.3. The highest BCUT2D eigenvalue weighted by Crippen LogP contribution is 2.37. The Morgan fingerprint density at radius 1 is 0.923 bits per heavy atom. The first-order valence-corrected chi connectivity index (χ1v) is 9.64. The molecule has 0 aliphatic carbocycles. The molecular weight excluding hydrogens is 384 g/mol. The van der Waals surface area contributed by atoms with Gasteiger partial charge in [-0.1, -0.05) is 71.4 Å². The molecule has 1 aliphatic heterocycles. The largest absolute Gasteiger partial charge is 0.258 e. The van der Waals surface area contributed by atoms with Gasteiger partial charge in [-0.2, -0.15) is 0 Å². The molecular formula is C23H17BrN2. The summed E-state index contributed by atoms with van der Waals surface area (Å²) in [4.78, 5) is 9.75. The van der Waals surface area contributed by atoms with Crippen LogP contribution in [0.4, 0.5) is 5.69 Å². The molecule has 0 amide bonds. The maximum absolute atomic E-state index is 5.03.